The van der Waals surface area contributed by atoms with E-state index in [1.54, 1.807) is 6.33 Å². The molecule has 1 saturated carbocycles. The number of ether oxygens (including phenoxy) is 1. The summed E-state index contributed by atoms with van der Waals surface area (Å²) in [6.45, 7) is 9.06. The summed E-state index contributed by atoms with van der Waals surface area (Å²) < 4.78 is 7.77. The van der Waals surface area contributed by atoms with Gasteiger partial charge < -0.3 is 19.5 Å². The van der Waals surface area contributed by atoms with Gasteiger partial charge in [0.1, 0.15) is 12.2 Å². The first-order valence-electron chi connectivity index (χ1n) is 8.68. The van der Waals surface area contributed by atoms with Gasteiger partial charge in [-0.25, -0.2) is 0 Å². The largest absolute Gasteiger partial charge is 0.379 e. The Morgan fingerprint density at radius 1 is 1.46 bits per heavy atom. The van der Waals surface area contributed by atoms with E-state index in [1.807, 2.05) is 0 Å². The molecule has 1 aliphatic rings. The Morgan fingerprint density at radius 3 is 2.92 bits per heavy atom. The zero-order valence-electron chi connectivity index (χ0n) is 15.1. The van der Waals surface area contributed by atoms with E-state index >= 15 is 0 Å². The lowest BCUT2D eigenvalue weighted by Crippen LogP contribution is -2.40. The lowest BCUT2D eigenvalue weighted by molar-refractivity contribution is 0.115. The molecule has 0 bridgehead atoms. The van der Waals surface area contributed by atoms with E-state index in [-0.39, 0.29) is 24.0 Å². The molecular weight excluding hydrogens is 419 g/mol. The van der Waals surface area contributed by atoms with Crippen LogP contribution in [0.15, 0.2) is 11.3 Å². The van der Waals surface area contributed by atoms with Crippen LogP contribution in [0, 0.1) is 5.92 Å². The molecule has 0 atom stereocenters. The molecule has 1 fully saturated rings. The molecule has 1 N–H and O–H groups in total. The normalized spacial score (nSPS) is 14.4. The van der Waals surface area contributed by atoms with Gasteiger partial charge in [0, 0.05) is 39.7 Å². The average molecular weight is 450 g/mol. The van der Waals surface area contributed by atoms with E-state index in [2.05, 4.69) is 50.9 Å². The van der Waals surface area contributed by atoms with Crippen molar-refractivity contribution in [2.45, 2.75) is 39.7 Å². The third-order valence-electron chi connectivity index (χ3n) is 3.93. The summed E-state index contributed by atoms with van der Waals surface area (Å²) in [5.74, 6) is 2.75. The molecule has 0 spiro atoms. The van der Waals surface area contributed by atoms with Crippen molar-refractivity contribution >= 4 is 29.9 Å². The molecule has 7 nitrogen and oxygen atoms in total. The second-order valence-electron chi connectivity index (χ2n) is 5.97. The number of rotatable bonds is 10. The van der Waals surface area contributed by atoms with E-state index in [9.17, 15) is 0 Å². The maximum Gasteiger partial charge on any atom is 0.193 e. The van der Waals surface area contributed by atoms with Crippen molar-refractivity contribution in [3.05, 3.63) is 12.2 Å². The van der Waals surface area contributed by atoms with Crippen LogP contribution in [0.2, 0.25) is 0 Å². The van der Waals surface area contributed by atoms with Crippen molar-refractivity contribution in [1.82, 2.24) is 25.0 Å². The van der Waals surface area contributed by atoms with Crippen LogP contribution in [-0.2, 0) is 17.7 Å². The maximum atomic E-state index is 5.71. The molecule has 1 aromatic rings. The van der Waals surface area contributed by atoms with Gasteiger partial charge in [0.05, 0.1) is 13.2 Å². The third kappa shape index (κ3) is 7.33. The van der Waals surface area contributed by atoms with Crippen LogP contribution in [0.4, 0.5) is 0 Å². The van der Waals surface area contributed by atoms with E-state index < -0.39 is 0 Å². The van der Waals surface area contributed by atoms with Crippen LogP contribution in [0.25, 0.3) is 0 Å². The fourth-order valence-corrected chi connectivity index (χ4v) is 2.31. The highest BCUT2D eigenvalue weighted by Gasteiger charge is 2.21. The fourth-order valence-electron chi connectivity index (χ4n) is 2.31. The van der Waals surface area contributed by atoms with Crippen molar-refractivity contribution in [2.24, 2.45) is 10.9 Å². The lowest BCUT2D eigenvalue weighted by atomic mass is 10.4. The summed E-state index contributed by atoms with van der Waals surface area (Å²) in [6.07, 6.45) is 5.34. The van der Waals surface area contributed by atoms with Crippen molar-refractivity contribution in [3.63, 3.8) is 0 Å². The van der Waals surface area contributed by atoms with Crippen LogP contribution in [-0.4, -0.2) is 65.5 Å². The lowest BCUT2D eigenvalue weighted by Gasteiger charge is -2.22. The number of hydrogen-bond acceptors (Lipinski definition) is 4. The van der Waals surface area contributed by atoms with E-state index in [4.69, 9.17) is 4.74 Å². The van der Waals surface area contributed by atoms with Crippen LogP contribution >= 0.6 is 24.0 Å². The second-order valence-corrected chi connectivity index (χ2v) is 5.97. The smallest absolute Gasteiger partial charge is 0.193 e. The Bertz CT molecular complexity index is 489. The van der Waals surface area contributed by atoms with Gasteiger partial charge in [-0.05, 0) is 25.7 Å². The van der Waals surface area contributed by atoms with Crippen molar-refractivity contribution in [3.8, 4) is 0 Å². The van der Waals surface area contributed by atoms with Gasteiger partial charge in [0.15, 0.2) is 5.96 Å². The molecule has 0 aliphatic heterocycles. The molecule has 24 heavy (non-hydrogen) atoms. The molecular formula is C16H31IN6O. The predicted octanol–water partition coefficient (Wildman–Crippen LogP) is 1.78. The molecule has 1 aromatic heterocycles. The molecule has 0 unspecified atom stereocenters. The first-order chi connectivity index (χ1) is 11.2. The van der Waals surface area contributed by atoms with Gasteiger partial charge in [-0.3, -0.25) is 4.99 Å². The number of aryl methyl sites for hydroxylation is 1. The minimum Gasteiger partial charge on any atom is -0.379 e. The monoisotopic (exact) mass is 450 g/mol. The molecule has 0 aromatic carbocycles. The maximum absolute atomic E-state index is 5.71. The number of likely N-dealkylation sites (N-methyl/N-ethyl adjacent to an activating group) is 1. The first kappa shape index (κ1) is 21.1. The van der Waals surface area contributed by atoms with Crippen LogP contribution in [0.1, 0.15) is 32.5 Å². The van der Waals surface area contributed by atoms with Gasteiger partial charge >= 0.3 is 0 Å². The number of aliphatic imine (C=N–C) groups is 1. The van der Waals surface area contributed by atoms with E-state index in [0.717, 1.165) is 57.0 Å². The Kier molecular flexibility index (Phi) is 10.2. The van der Waals surface area contributed by atoms with Gasteiger partial charge in [-0.2, -0.15) is 0 Å². The number of aromatic nitrogens is 3. The molecule has 0 radical (unpaired) electrons. The quantitative estimate of drug-likeness (QED) is 0.255. The van der Waals surface area contributed by atoms with E-state index in [0.29, 0.717) is 6.54 Å². The van der Waals surface area contributed by atoms with Gasteiger partial charge in [-0.1, -0.05) is 6.92 Å². The highest BCUT2D eigenvalue weighted by molar-refractivity contribution is 14.0. The van der Waals surface area contributed by atoms with Gasteiger partial charge in [0.25, 0.3) is 0 Å². The van der Waals surface area contributed by atoms with Crippen LogP contribution in [0.3, 0.4) is 0 Å². The Labute approximate surface area is 162 Å². The molecule has 0 saturated heterocycles. The Hall–Kier alpha value is -0.900. The number of halogens is 1. The number of hydrogen-bond donors (Lipinski definition) is 1. The Morgan fingerprint density at radius 2 is 2.25 bits per heavy atom. The summed E-state index contributed by atoms with van der Waals surface area (Å²) in [4.78, 5) is 6.82. The topological polar surface area (TPSA) is 67.6 Å². The SMILES string of the molecule is CCNC(=NCCn1cnnc1CC)N(C)CCOCC1CC1.I. The molecule has 138 valence electrons. The third-order valence-corrected chi connectivity index (χ3v) is 3.93. The number of nitrogens with zero attached hydrogens (tertiary/aromatic N) is 5. The highest BCUT2D eigenvalue weighted by atomic mass is 127. The van der Waals surface area contributed by atoms with E-state index in [1.165, 1.54) is 12.8 Å². The highest BCUT2D eigenvalue weighted by Crippen LogP contribution is 2.28. The number of nitrogens with one attached hydrogen (secondary N) is 1. The minimum absolute atomic E-state index is 0. The fraction of sp³-hybridized carbons (Fsp3) is 0.812. The molecule has 1 aliphatic carbocycles. The second kappa shape index (κ2) is 11.6. The first-order valence-corrected chi connectivity index (χ1v) is 8.68. The molecule has 2 rings (SSSR count). The summed E-state index contributed by atoms with van der Waals surface area (Å²) in [5.41, 5.74) is 0. The van der Waals surface area contributed by atoms with Crippen molar-refractivity contribution in [1.29, 1.82) is 0 Å². The summed E-state index contributed by atoms with van der Waals surface area (Å²) >= 11 is 0. The number of guanidine groups is 1. The molecule has 8 heteroatoms. The summed E-state index contributed by atoms with van der Waals surface area (Å²) in [7, 11) is 2.05. The average Bonchev–Trinajstić information content (AvgIpc) is 3.27. The molecule has 0 amide bonds. The predicted molar refractivity (Wildman–Crippen MR) is 107 cm³/mol. The standard InChI is InChI=1S/C16H30N6O.HI/c1-4-15-20-19-13-22(15)9-8-18-16(17-5-2)21(3)10-11-23-12-14-6-7-14;/h13-14H,4-12H2,1-3H3,(H,17,18);1H. The van der Waals surface area contributed by atoms with Crippen LogP contribution in [0.5, 0.6) is 0 Å². The zero-order chi connectivity index (χ0) is 16.5. The van der Waals surface area contributed by atoms with Crippen LogP contribution < -0.4 is 5.32 Å². The van der Waals surface area contributed by atoms with Gasteiger partial charge in [0.2, 0.25) is 0 Å². The van der Waals surface area contributed by atoms with Crippen molar-refractivity contribution < 1.29 is 4.74 Å². The Balaban J connectivity index is 0.00000288. The summed E-state index contributed by atoms with van der Waals surface area (Å²) in [6, 6.07) is 0. The summed E-state index contributed by atoms with van der Waals surface area (Å²) in [5, 5.41) is 11.4. The zero-order valence-corrected chi connectivity index (χ0v) is 17.4. The van der Waals surface area contributed by atoms with Crippen molar-refractivity contribution in [2.75, 3.05) is 39.9 Å². The minimum atomic E-state index is 0. The van der Waals surface area contributed by atoms with Gasteiger partial charge in [-0.15, -0.1) is 34.2 Å². The molecule has 1 heterocycles.